The molecule has 105 heavy (non-hydrogen) atoms. The predicted octanol–water partition coefficient (Wildman–Crippen LogP) is 6.56. The first kappa shape index (κ1) is 71.7. The third kappa shape index (κ3) is 12.7. The van der Waals surface area contributed by atoms with E-state index in [0.717, 1.165) is 22.3 Å². The van der Waals surface area contributed by atoms with Gasteiger partial charge in [0.1, 0.15) is 46.0 Å². The van der Waals surface area contributed by atoms with E-state index in [1.165, 1.54) is 0 Å². The molecule has 9 heterocycles. The molecule has 0 N–H and O–H groups in total. The molecule has 11 aromatic rings. The van der Waals surface area contributed by atoms with Crippen LogP contribution in [0.3, 0.4) is 0 Å². The third-order valence-corrected chi connectivity index (χ3v) is 22.4. The summed E-state index contributed by atoms with van der Waals surface area (Å²) in [5.74, 6) is 5.69. The second-order valence-electron chi connectivity index (χ2n) is 28.1. The average molecular weight is 1360 g/mol. The maximum atomic E-state index is 6.62. The van der Waals surface area contributed by atoms with Crippen molar-refractivity contribution >= 4 is 221 Å². The van der Waals surface area contributed by atoms with Gasteiger partial charge in [0.05, 0.1) is 78.4 Å². The van der Waals surface area contributed by atoms with E-state index in [0.29, 0.717) is 161 Å². The minimum Gasteiger partial charge on any atom is -0.457 e. The van der Waals surface area contributed by atoms with Crippen LogP contribution in [0.2, 0.25) is 43.7 Å². The fourth-order valence-electron chi connectivity index (χ4n) is 15.8. The first-order valence-corrected chi connectivity index (χ1v) is 34.4. The first-order valence-electron chi connectivity index (χ1n) is 34.4. The van der Waals surface area contributed by atoms with Crippen LogP contribution in [0.25, 0.3) is 89.7 Å². The summed E-state index contributed by atoms with van der Waals surface area (Å²) in [5.41, 5.74) is 7.88. The smallest absolute Gasteiger partial charge is 0.457 e. The molecule has 0 saturated carbocycles. The molecule has 8 unspecified atom stereocenters. The molecule has 37 heteroatoms. The van der Waals surface area contributed by atoms with Gasteiger partial charge in [-0.05, 0) is 191 Å². The summed E-state index contributed by atoms with van der Waals surface area (Å²) in [6, 6.07) is 54.0. The van der Waals surface area contributed by atoms with E-state index >= 15 is 0 Å². The van der Waals surface area contributed by atoms with Crippen molar-refractivity contribution in [2.75, 3.05) is 0 Å². The Hall–Kier alpha value is -7.50. The van der Waals surface area contributed by atoms with Crippen molar-refractivity contribution in [3.8, 4) is 91.5 Å². The molecule has 0 aliphatic carbocycles. The molecule has 12 nitrogen and oxygen atoms in total. The predicted molar refractivity (Wildman–Crippen MR) is 439 cm³/mol. The van der Waals surface area contributed by atoms with Gasteiger partial charge in [-0.15, -0.1) is 43.7 Å². The second kappa shape index (κ2) is 28.3. The number of fused-ring (bicyclic) bond motifs is 20. The normalized spacial score (nSPS) is 21.9. The standard InChI is InChI=1S/C68H40B24N8O4.Zn/c69-81-61-65(85-73,89(61)77)29-33-1-9-37(10-2-33)101-41-17-21-45-49(25-41)57-94-53(45)93-54-46-22-18-43(103-39-13-5-35(6-14-39)31-67(87-75)63(83-71)91(67)79)27-51(46)59(95-54)100-60-52-28-44(104-40-15-7-36(8-16-40)32-68(88-76)64(84-72)92(68)80)20-24-48(52)56(99-60)98-58-50-26-42(19-23-47(50)55(96-57)97-58)102-38-11-3-34(4-12-38)30-66(86-74)62(82-70)90(66)78;/h1-28,61-64H,29-32H2;/q-2;+2/i81+0,82+0,83+0,84+0,85+0,86+0,87+0,88+0,89+0,90+0,91+0,92+0;. The zero-order valence-electron chi connectivity index (χ0n) is 57.1. The van der Waals surface area contributed by atoms with Gasteiger partial charge < -0.3 is 48.9 Å². The summed E-state index contributed by atoms with van der Waals surface area (Å²) >= 11 is 0. The van der Waals surface area contributed by atoms with Crippen LogP contribution in [0, 0.1) is 0 Å². The molecule has 6 aliphatic rings. The summed E-state index contributed by atoms with van der Waals surface area (Å²) in [4.78, 5) is 42.2. The molecular weight excluding hydrogens is 1320 g/mol. The largest absolute Gasteiger partial charge is 2.00 e. The molecule has 3 aromatic heterocycles. The molecule has 450 valence electrons. The van der Waals surface area contributed by atoms with Crippen LogP contribution < -0.4 is 28.9 Å². The van der Waals surface area contributed by atoms with Crippen LogP contribution >= 0.6 is 0 Å². The van der Waals surface area contributed by atoms with Crippen molar-refractivity contribution in [3.05, 3.63) is 192 Å². The monoisotopic (exact) mass is 1360 g/mol. The molecule has 0 amide bonds. The van der Waals surface area contributed by atoms with Crippen LogP contribution in [0.15, 0.2) is 170 Å². The maximum absolute atomic E-state index is 6.62. The Morgan fingerprint density at radius 2 is 0.533 bits per heavy atom. The summed E-state index contributed by atoms with van der Waals surface area (Å²) in [5, 5.41) is 0.889. The molecule has 4 fully saturated rings. The molecule has 8 atom stereocenters. The fraction of sp³-hybridized carbons (Fsp3) is 0.176. The number of hydrogen-bond acceptors (Lipinski definition) is 10. The van der Waals surface area contributed by atoms with Gasteiger partial charge in [0.25, 0.3) is 0 Å². The molecule has 8 bridgehead atoms. The molecule has 8 aromatic carbocycles. The summed E-state index contributed by atoms with van der Waals surface area (Å²) in [6.45, 7) is -0.646. The van der Waals surface area contributed by atoms with Gasteiger partial charge in [-0.1, -0.05) is 48.5 Å². The van der Waals surface area contributed by atoms with Gasteiger partial charge >= 0.3 is 19.5 Å². The van der Waals surface area contributed by atoms with Crippen LogP contribution in [-0.4, -0.2) is 207 Å². The molecule has 32 radical (unpaired) electrons. The Morgan fingerprint density at radius 3 is 0.790 bits per heavy atom. The zero-order chi connectivity index (χ0) is 71.6. The Balaban J connectivity index is 0.00000847. The SMILES string of the molecule is [B][11B]C1[11B]([B])C1([11B][B])Cc1ccc(Oc2ccc3c(c2)-c2nc-3nc3[n-]c(nc4nc(nc5[n-]c(n2)c2ccc(Oc6ccc(CC7([11B][B])[11B]([B])C7[11B][B])cc6)cc52)-c2cc(Oc5ccc(CC6([11B][B])[11B]([B])C6[11B][B])cc5)ccc2-4)c2ccc(Oc4ccc(CC5([11B][B])[11B]([B])C5[11B][B])cc4)cc32)cc1.[Zn+2]. The third-order valence-electron chi connectivity index (χ3n) is 22.4. The van der Waals surface area contributed by atoms with E-state index in [-0.39, 0.29) is 68.8 Å². The van der Waals surface area contributed by atoms with E-state index < -0.39 is 20.9 Å². The summed E-state index contributed by atoms with van der Waals surface area (Å²) in [6.07, 6.45) is 2.49. The molecule has 17 rings (SSSR count). The van der Waals surface area contributed by atoms with Crippen molar-refractivity contribution in [2.24, 2.45) is 0 Å². The number of hydrogen-bond donors (Lipinski definition) is 0. The van der Waals surface area contributed by atoms with Crippen LogP contribution in [0.4, 0.5) is 0 Å². The van der Waals surface area contributed by atoms with E-state index in [1.807, 2.05) is 170 Å². The Bertz CT molecular complexity index is 5380. The fourth-order valence-corrected chi connectivity index (χ4v) is 15.8. The van der Waals surface area contributed by atoms with Crippen molar-refractivity contribution < 1.29 is 38.4 Å². The van der Waals surface area contributed by atoms with Gasteiger partial charge in [0, 0.05) is 166 Å². The summed E-state index contributed by atoms with van der Waals surface area (Å²) in [7, 11) is 87.4. The number of benzene rings is 8. The first-order chi connectivity index (χ1) is 50.6. The van der Waals surface area contributed by atoms with E-state index in [9.17, 15) is 0 Å². The average Bonchev–Trinajstić information content (AvgIpc) is 1.58. The van der Waals surface area contributed by atoms with Crippen LogP contribution in [-0.2, 0) is 45.2 Å². The van der Waals surface area contributed by atoms with Gasteiger partial charge in [0.15, 0.2) is 0 Å². The summed E-state index contributed by atoms with van der Waals surface area (Å²) < 4.78 is 26.5. The Morgan fingerprint density at radius 1 is 0.295 bits per heavy atom. The molecular formula is C68H40B24N8O4Zn. The number of aromatic nitrogens is 8. The quantitative estimate of drug-likeness (QED) is 0.0605. The maximum Gasteiger partial charge on any atom is 2.00 e. The van der Waals surface area contributed by atoms with E-state index in [1.54, 1.807) is 57.4 Å². The van der Waals surface area contributed by atoms with Crippen LogP contribution in [0.5, 0.6) is 46.0 Å². The second-order valence-corrected chi connectivity index (χ2v) is 28.1. The van der Waals surface area contributed by atoms with Crippen molar-refractivity contribution in [3.63, 3.8) is 0 Å². The minimum absolute atomic E-state index is 0. The van der Waals surface area contributed by atoms with Gasteiger partial charge in [0.2, 0.25) is 0 Å². The molecule has 6 aliphatic heterocycles. The topological polar surface area (TPSA) is 142 Å². The Kier molecular flexibility index (Phi) is 19.3. The van der Waals surface area contributed by atoms with Crippen molar-refractivity contribution in [1.82, 2.24) is 39.9 Å². The minimum atomic E-state index is -0.416. The molecule has 0 spiro atoms. The molecule has 4 saturated heterocycles. The van der Waals surface area contributed by atoms with E-state index in [4.69, 9.17) is 152 Å². The van der Waals surface area contributed by atoms with Crippen LogP contribution in [0.1, 0.15) is 22.3 Å². The number of ether oxygens (including phenoxy) is 4. The van der Waals surface area contributed by atoms with Crippen molar-refractivity contribution in [2.45, 2.75) is 69.4 Å². The van der Waals surface area contributed by atoms with Gasteiger partial charge in [-0.3, -0.25) is 0 Å². The van der Waals surface area contributed by atoms with Gasteiger partial charge in [-0.2, -0.15) is 0 Å². The number of rotatable bonds is 24. The van der Waals surface area contributed by atoms with Crippen molar-refractivity contribution in [1.29, 1.82) is 0 Å². The van der Waals surface area contributed by atoms with Gasteiger partial charge in [-0.25, -0.2) is 9.97 Å². The zero-order valence-corrected chi connectivity index (χ0v) is 60.0. The Labute approximate surface area is 647 Å². The van der Waals surface area contributed by atoms with E-state index in [2.05, 4.69) is 0 Å². The number of nitrogens with zero attached hydrogens (tertiary/aromatic N) is 8.